The summed E-state index contributed by atoms with van der Waals surface area (Å²) in [5, 5.41) is 13.5. The van der Waals surface area contributed by atoms with Crippen molar-refractivity contribution in [3.63, 3.8) is 0 Å². The lowest BCUT2D eigenvalue weighted by molar-refractivity contribution is -0.124. The van der Waals surface area contributed by atoms with Gasteiger partial charge in [-0.3, -0.25) is 4.79 Å². The third kappa shape index (κ3) is 3.78. The van der Waals surface area contributed by atoms with Gasteiger partial charge in [-0.15, -0.1) is 5.10 Å². The van der Waals surface area contributed by atoms with Gasteiger partial charge in [-0.05, 0) is 38.0 Å². The van der Waals surface area contributed by atoms with Gasteiger partial charge in [0.05, 0.1) is 24.1 Å². The fraction of sp³-hybridized carbons (Fsp3) is 0.412. The van der Waals surface area contributed by atoms with E-state index in [0.717, 1.165) is 17.7 Å². The smallest absolute Gasteiger partial charge is 0.318 e. The van der Waals surface area contributed by atoms with Crippen molar-refractivity contribution in [3.05, 3.63) is 42.2 Å². The van der Waals surface area contributed by atoms with E-state index in [9.17, 15) is 9.59 Å². The number of amides is 3. The summed E-state index contributed by atoms with van der Waals surface area (Å²) in [6, 6.07) is 6.88. The second kappa shape index (κ2) is 7.33. The summed E-state index contributed by atoms with van der Waals surface area (Å²) in [6.07, 6.45) is 4.14. The normalized spacial score (nSPS) is 19.0. The summed E-state index contributed by atoms with van der Waals surface area (Å²) in [5.74, 6) is -0.113. The molecule has 2 atom stereocenters. The Kier molecular flexibility index (Phi) is 4.97. The molecule has 2 N–H and O–H groups in total. The van der Waals surface area contributed by atoms with Crippen molar-refractivity contribution in [1.82, 2.24) is 30.5 Å². The maximum Gasteiger partial charge on any atom is 0.318 e. The lowest BCUT2D eigenvalue weighted by Crippen LogP contribution is -2.49. The highest BCUT2D eigenvalue weighted by Gasteiger charge is 2.28. The standard InChI is InChI=1S/C17H22N6O2/c1-12(14-4-6-15(7-5-14)23-11-9-19-21-23)20-17(25)22-10-3-8-18-16(24)13(22)2/h4-7,9,11-13H,3,8,10H2,1-2H3,(H,18,24)(H,20,25)/t12-,13+/m1/s1. The molecular formula is C17H22N6O2. The molecule has 0 spiro atoms. The highest BCUT2D eigenvalue weighted by atomic mass is 16.2. The number of rotatable bonds is 3. The van der Waals surface area contributed by atoms with Crippen LogP contribution >= 0.6 is 0 Å². The van der Waals surface area contributed by atoms with E-state index in [1.165, 1.54) is 0 Å². The predicted octanol–water partition coefficient (Wildman–Crippen LogP) is 1.25. The van der Waals surface area contributed by atoms with Crippen LogP contribution in [0.3, 0.4) is 0 Å². The van der Waals surface area contributed by atoms with Crippen LogP contribution in [0.1, 0.15) is 31.9 Å². The number of hydrogen-bond acceptors (Lipinski definition) is 4. The van der Waals surface area contributed by atoms with E-state index in [0.29, 0.717) is 13.1 Å². The Morgan fingerprint density at radius 2 is 2.12 bits per heavy atom. The molecule has 8 nitrogen and oxygen atoms in total. The molecule has 0 bridgehead atoms. The van der Waals surface area contributed by atoms with Crippen LogP contribution in [-0.2, 0) is 4.79 Å². The summed E-state index contributed by atoms with van der Waals surface area (Å²) >= 11 is 0. The summed E-state index contributed by atoms with van der Waals surface area (Å²) < 4.78 is 1.67. The largest absolute Gasteiger partial charge is 0.354 e. The number of carbonyl (C=O) groups is 2. The van der Waals surface area contributed by atoms with Gasteiger partial charge in [-0.25, -0.2) is 9.48 Å². The Morgan fingerprint density at radius 3 is 2.80 bits per heavy atom. The quantitative estimate of drug-likeness (QED) is 0.878. The molecule has 2 heterocycles. The Morgan fingerprint density at radius 1 is 1.36 bits per heavy atom. The first-order chi connectivity index (χ1) is 12.1. The zero-order valence-electron chi connectivity index (χ0n) is 14.3. The topological polar surface area (TPSA) is 92.2 Å². The van der Waals surface area contributed by atoms with Crippen molar-refractivity contribution in [1.29, 1.82) is 0 Å². The molecule has 1 aliphatic rings. The SMILES string of the molecule is C[C@@H](NC(=O)N1CCCNC(=O)[C@@H]1C)c1ccc(-n2ccnn2)cc1. The van der Waals surface area contributed by atoms with Gasteiger partial charge < -0.3 is 15.5 Å². The van der Waals surface area contributed by atoms with Crippen LogP contribution in [0.2, 0.25) is 0 Å². The number of aromatic nitrogens is 3. The van der Waals surface area contributed by atoms with Crippen LogP contribution in [-0.4, -0.2) is 51.0 Å². The zero-order chi connectivity index (χ0) is 17.8. The summed E-state index contributed by atoms with van der Waals surface area (Å²) in [4.78, 5) is 26.0. The zero-order valence-corrected chi connectivity index (χ0v) is 14.3. The van der Waals surface area contributed by atoms with Crippen LogP contribution < -0.4 is 10.6 Å². The van der Waals surface area contributed by atoms with Crippen molar-refractivity contribution in [2.75, 3.05) is 13.1 Å². The molecule has 1 fully saturated rings. The average molecular weight is 342 g/mol. The van der Waals surface area contributed by atoms with Crippen molar-refractivity contribution in [2.45, 2.75) is 32.4 Å². The van der Waals surface area contributed by atoms with Crippen molar-refractivity contribution in [2.24, 2.45) is 0 Å². The van der Waals surface area contributed by atoms with Crippen molar-refractivity contribution in [3.8, 4) is 5.69 Å². The third-order valence-corrected chi connectivity index (χ3v) is 4.40. The van der Waals surface area contributed by atoms with Crippen LogP contribution in [0.5, 0.6) is 0 Å². The van der Waals surface area contributed by atoms with Gasteiger partial charge in [-0.2, -0.15) is 0 Å². The van der Waals surface area contributed by atoms with Gasteiger partial charge in [0.1, 0.15) is 6.04 Å². The number of urea groups is 1. The van der Waals surface area contributed by atoms with Crippen LogP contribution in [0.15, 0.2) is 36.7 Å². The summed E-state index contributed by atoms with van der Waals surface area (Å²) in [5.41, 5.74) is 1.88. The first-order valence-electron chi connectivity index (χ1n) is 8.38. The number of benzene rings is 1. The van der Waals surface area contributed by atoms with Crippen LogP contribution in [0.4, 0.5) is 4.79 Å². The van der Waals surface area contributed by atoms with Crippen LogP contribution in [0, 0.1) is 0 Å². The van der Waals surface area contributed by atoms with Gasteiger partial charge in [0.25, 0.3) is 0 Å². The molecule has 25 heavy (non-hydrogen) atoms. The van der Waals surface area contributed by atoms with Gasteiger partial charge in [0, 0.05) is 13.1 Å². The molecule has 0 saturated carbocycles. The molecule has 132 valence electrons. The summed E-state index contributed by atoms with van der Waals surface area (Å²) in [7, 11) is 0. The van der Waals surface area contributed by atoms with Gasteiger partial charge in [0.2, 0.25) is 5.91 Å². The van der Waals surface area contributed by atoms with E-state index in [4.69, 9.17) is 0 Å². The fourth-order valence-electron chi connectivity index (χ4n) is 2.83. The van der Waals surface area contributed by atoms with Gasteiger partial charge in [-0.1, -0.05) is 17.3 Å². The lowest BCUT2D eigenvalue weighted by atomic mass is 10.1. The van der Waals surface area contributed by atoms with E-state index in [1.807, 2.05) is 31.2 Å². The molecule has 0 radical (unpaired) electrons. The predicted molar refractivity (Wildman–Crippen MR) is 92.1 cm³/mol. The molecule has 8 heteroatoms. The summed E-state index contributed by atoms with van der Waals surface area (Å²) in [6.45, 7) is 4.83. The minimum Gasteiger partial charge on any atom is -0.354 e. The molecule has 1 aromatic heterocycles. The molecule has 3 rings (SSSR count). The maximum atomic E-state index is 12.6. The highest BCUT2D eigenvalue weighted by Crippen LogP contribution is 2.16. The molecule has 1 aliphatic heterocycles. The molecule has 1 aromatic carbocycles. The first-order valence-corrected chi connectivity index (χ1v) is 8.38. The number of nitrogens with zero attached hydrogens (tertiary/aromatic N) is 4. The van der Waals surface area contributed by atoms with Crippen LogP contribution in [0.25, 0.3) is 5.69 Å². The molecule has 0 unspecified atom stereocenters. The monoisotopic (exact) mass is 342 g/mol. The molecule has 3 amide bonds. The molecule has 0 aliphatic carbocycles. The second-order valence-corrected chi connectivity index (χ2v) is 6.12. The third-order valence-electron chi connectivity index (χ3n) is 4.40. The Bertz CT molecular complexity index is 728. The van der Waals surface area contributed by atoms with Crippen molar-refractivity contribution >= 4 is 11.9 Å². The minimum atomic E-state index is -0.468. The fourth-order valence-corrected chi connectivity index (χ4v) is 2.83. The number of hydrogen-bond donors (Lipinski definition) is 2. The number of nitrogens with one attached hydrogen (secondary N) is 2. The van der Waals surface area contributed by atoms with Gasteiger partial charge in [0.15, 0.2) is 0 Å². The average Bonchev–Trinajstić information content (AvgIpc) is 3.10. The van der Waals surface area contributed by atoms with E-state index in [1.54, 1.807) is 28.9 Å². The van der Waals surface area contributed by atoms with E-state index in [-0.39, 0.29) is 18.0 Å². The Labute approximate surface area is 146 Å². The lowest BCUT2D eigenvalue weighted by Gasteiger charge is -2.27. The van der Waals surface area contributed by atoms with Gasteiger partial charge >= 0.3 is 6.03 Å². The number of carbonyl (C=O) groups excluding carboxylic acids is 2. The Hall–Kier alpha value is -2.90. The minimum absolute atomic E-state index is 0.113. The van der Waals surface area contributed by atoms with E-state index < -0.39 is 6.04 Å². The highest BCUT2D eigenvalue weighted by molar-refractivity contribution is 5.87. The maximum absolute atomic E-state index is 12.6. The van der Waals surface area contributed by atoms with E-state index >= 15 is 0 Å². The molecule has 2 aromatic rings. The first kappa shape index (κ1) is 16.9. The Balaban J connectivity index is 1.65. The second-order valence-electron chi connectivity index (χ2n) is 6.12. The molecule has 1 saturated heterocycles. The van der Waals surface area contributed by atoms with E-state index in [2.05, 4.69) is 20.9 Å². The van der Waals surface area contributed by atoms with Crippen molar-refractivity contribution < 1.29 is 9.59 Å². The molecular weight excluding hydrogens is 320 g/mol.